The Morgan fingerprint density at radius 2 is 1.82 bits per heavy atom. The Kier molecular flexibility index (Phi) is 3.28. The summed E-state index contributed by atoms with van der Waals surface area (Å²) in [6.07, 6.45) is 0.956. The molecule has 84 valence electrons. The summed E-state index contributed by atoms with van der Waals surface area (Å²) in [7, 11) is 0. The number of nitriles is 2. The van der Waals surface area contributed by atoms with Crippen molar-refractivity contribution in [2.24, 2.45) is 0 Å². The lowest BCUT2D eigenvalue weighted by molar-refractivity contribution is -0.385. The Labute approximate surface area is 95.2 Å². The number of hydrogen-bond acceptors (Lipinski definition) is 6. The van der Waals surface area contributed by atoms with E-state index in [0.717, 1.165) is 18.2 Å². The van der Waals surface area contributed by atoms with Crippen LogP contribution in [0.5, 0.6) is 11.5 Å². The van der Waals surface area contributed by atoms with Crippen molar-refractivity contribution in [3.8, 4) is 23.6 Å². The molecule has 7 heteroatoms. The molecular weight excluding hydrogens is 226 g/mol. The van der Waals surface area contributed by atoms with Crippen LogP contribution in [0.4, 0.5) is 5.69 Å². The van der Waals surface area contributed by atoms with Crippen molar-refractivity contribution < 1.29 is 15.1 Å². The number of phenols is 2. The number of nitrogens with zero attached hydrogens (tertiary/aromatic N) is 3. The first-order valence-electron chi connectivity index (χ1n) is 4.22. The molecule has 0 saturated carbocycles. The van der Waals surface area contributed by atoms with Crippen LogP contribution >= 0.6 is 0 Å². The molecular formula is C10H5N3O4. The lowest BCUT2D eigenvalue weighted by Gasteiger charge is -2.01. The highest BCUT2D eigenvalue weighted by Crippen LogP contribution is 2.33. The summed E-state index contributed by atoms with van der Waals surface area (Å²) < 4.78 is 0. The second-order valence-corrected chi connectivity index (χ2v) is 2.94. The van der Waals surface area contributed by atoms with Crippen LogP contribution in [-0.4, -0.2) is 15.1 Å². The molecule has 0 radical (unpaired) electrons. The Morgan fingerprint density at radius 1 is 1.29 bits per heavy atom. The predicted molar refractivity (Wildman–Crippen MR) is 55.6 cm³/mol. The van der Waals surface area contributed by atoms with Gasteiger partial charge in [-0.05, 0) is 12.1 Å². The van der Waals surface area contributed by atoms with Gasteiger partial charge in [-0.2, -0.15) is 10.5 Å². The number of allylic oxidation sites excluding steroid dienone is 1. The van der Waals surface area contributed by atoms with Crippen LogP contribution in [0.1, 0.15) is 5.56 Å². The molecule has 1 aromatic carbocycles. The van der Waals surface area contributed by atoms with Crippen molar-refractivity contribution in [3.63, 3.8) is 0 Å². The standard InChI is InChI=1S/C10H5N3O4/c11-4-6(5-12)1-7-2-9(14)10(15)3-8(7)13(16)17/h1-3,14-15H. The number of rotatable bonds is 2. The topological polar surface area (TPSA) is 131 Å². The maximum absolute atomic E-state index is 10.7. The summed E-state index contributed by atoms with van der Waals surface area (Å²) in [5.74, 6) is -1.22. The van der Waals surface area contributed by atoms with Crippen molar-refractivity contribution in [2.45, 2.75) is 0 Å². The highest BCUT2D eigenvalue weighted by molar-refractivity contribution is 5.71. The van der Waals surface area contributed by atoms with Gasteiger partial charge in [0, 0.05) is 0 Å². The van der Waals surface area contributed by atoms with E-state index in [9.17, 15) is 15.2 Å². The molecule has 7 nitrogen and oxygen atoms in total. The van der Waals surface area contributed by atoms with Gasteiger partial charge in [0.25, 0.3) is 5.69 Å². The van der Waals surface area contributed by atoms with Gasteiger partial charge in [-0.15, -0.1) is 0 Å². The molecule has 0 amide bonds. The molecule has 0 unspecified atom stereocenters. The molecule has 0 aliphatic heterocycles. The summed E-state index contributed by atoms with van der Waals surface area (Å²) in [5.41, 5.74) is -0.995. The molecule has 0 bridgehead atoms. The Morgan fingerprint density at radius 3 is 2.29 bits per heavy atom. The smallest absolute Gasteiger partial charge is 0.280 e. The second kappa shape index (κ2) is 4.64. The minimum absolute atomic E-state index is 0.136. The summed E-state index contributed by atoms with van der Waals surface area (Å²) in [5, 5.41) is 46.0. The number of nitro benzene ring substituents is 1. The monoisotopic (exact) mass is 231 g/mol. The number of benzene rings is 1. The third-order valence-corrected chi connectivity index (χ3v) is 1.86. The van der Waals surface area contributed by atoms with Gasteiger partial charge in [0.2, 0.25) is 0 Å². The van der Waals surface area contributed by atoms with Crippen molar-refractivity contribution >= 4 is 11.8 Å². The lowest BCUT2D eigenvalue weighted by Crippen LogP contribution is -1.92. The van der Waals surface area contributed by atoms with Crippen LogP contribution in [0, 0.1) is 32.8 Å². The van der Waals surface area contributed by atoms with Gasteiger partial charge >= 0.3 is 0 Å². The van der Waals surface area contributed by atoms with E-state index in [1.165, 1.54) is 12.1 Å². The van der Waals surface area contributed by atoms with Crippen LogP contribution in [-0.2, 0) is 0 Å². The minimum atomic E-state index is -0.794. The van der Waals surface area contributed by atoms with E-state index in [0.29, 0.717) is 0 Å². The fraction of sp³-hybridized carbons (Fsp3) is 0. The van der Waals surface area contributed by atoms with Crippen molar-refractivity contribution in [1.29, 1.82) is 10.5 Å². The number of hydrogen-bond donors (Lipinski definition) is 2. The first kappa shape index (κ1) is 12.0. The zero-order chi connectivity index (χ0) is 13.0. The van der Waals surface area contributed by atoms with Gasteiger partial charge in [0.15, 0.2) is 11.5 Å². The summed E-state index contributed by atoms with van der Waals surface area (Å²) in [4.78, 5) is 9.87. The van der Waals surface area contributed by atoms with Crippen LogP contribution in [0.2, 0.25) is 0 Å². The van der Waals surface area contributed by atoms with Crippen molar-refractivity contribution in [1.82, 2.24) is 0 Å². The van der Waals surface area contributed by atoms with E-state index in [-0.39, 0.29) is 11.1 Å². The van der Waals surface area contributed by atoms with Crippen LogP contribution in [0.15, 0.2) is 17.7 Å². The molecule has 1 aromatic rings. The molecule has 0 atom stereocenters. The molecule has 17 heavy (non-hydrogen) atoms. The lowest BCUT2D eigenvalue weighted by atomic mass is 10.1. The van der Waals surface area contributed by atoms with E-state index in [4.69, 9.17) is 15.6 Å². The summed E-state index contributed by atoms with van der Waals surface area (Å²) in [6, 6.07) is 4.72. The average molecular weight is 231 g/mol. The van der Waals surface area contributed by atoms with Crippen LogP contribution in [0.3, 0.4) is 0 Å². The predicted octanol–water partition coefficient (Wildman–Crippen LogP) is 1.44. The third kappa shape index (κ3) is 2.49. The fourth-order valence-electron chi connectivity index (χ4n) is 1.10. The van der Waals surface area contributed by atoms with Crippen LogP contribution < -0.4 is 0 Å². The van der Waals surface area contributed by atoms with Gasteiger partial charge in [0.1, 0.15) is 17.7 Å². The number of nitro groups is 1. The molecule has 0 spiro atoms. The van der Waals surface area contributed by atoms with Crippen molar-refractivity contribution in [3.05, 3.63) is 33.4 Å². The van der Waals surface area contributed by atoms with Crippen LogP contribution in [0.25, 0.3) is 6.08 Å². The SMILES string of the molecule is N#CC(C#N)=Cc1cc(O)c(O)cc1[N+](=O)[O-]. The largest absolute Gasteiger partial charge is 0.504 e. The van der Waals surface area contributed by atoms with E-state index in [1.54, 1.807) is 0 Å². The Hall–Kier alpha value is -3.06. The van der Waals surface area contributed by atoms with Gasteiger partial charge < -0.3 is 10.2 Å². The highest BCUT2D eigenvalue weighted by atomic mass is 16.6. The zero-order valence-corrected chi connectivity index (χ0v) is 8.28. The van der Waals surface area contributed by atoms with E-state index >= 15 is 0 Å². The average Bonchev–Trinajstić information content (AvgIpc) is 2.29. The Balaban J connectivity index is 3.49. The first-order chi connectivity index (χ1) is 7.99. The maximum Gasteiger partial charge on any atom is 0.280 e. The molecule has 0 aromatic heterocycles. The molecule has 0 aliphatic rings. The highest BCUT2D eigenvalue weighted by Gasteiger charge is 2.16. The number of phenolic OH excluding ortho intramolecular Hbond substituents is 2. The maximum atomic E-state index is 10.7. The number of aromatic hydroxyl groups is 2. The van der Waals surface area contributed by atoms with Gasteiger partial charge in [-0.25, -0.2) is 0 Å². The van der Waals surface area contributed by atoms with E-state index in [1.807, 2.05) is 0 Å². The Bertz CT molecular complexity index is 577. The van der Waals surface area contributed by atoms with Gasteiger partial charge in [-0.1, -0.05) is 0 Å². The second-order valence-electron chi connectivity index (χ2n) is 2.94. The quantitative estimate of drug-likeness (QED) is 0.342. The fourth-order valence-corrected chi connectivity index (χ4v) is 1.10. The molecule has 2 N–H and O–H groups in total. The normalized spacial score (nSPS) is 8.82. The van der Waals surface area contributed by atoms with E-state index < -0.39 is 22.1 Å². The molecule has 0 heterocycles. The minimum Gasteiger partial charge on any atom is -0.504 e. The third-order valence-electron chi connectivity index (χ3n) is 1.86. The zero-order valence-electron chi connectivity index (χ0n) is 8.28. The summed E-state index contributed by atoms with van der Waals surface area (Å²) >= 11 is 0. The van der Waals surface area contributed by atoms with Crippen molar-refractivity contribution in [2.75, 3.05) is 0 Å². The molecule has 0 aliphatic carbocycles. The first-order valence-corrected chi connectivity index (χ1v) is 4.22. The molecule has 0 saturated heterocycles. The van der Waals surface area contributed by atoms with Gasteiger partial charge in [-0.3, -0.25) is 10.1 Å². The van der Waals surface area contributed by atoms with Gasteiger partial charge in [0.05, 0.1) is 16.6 Å². The molecule has 1 rings (SSSR count). The van der Waals surface area contributed by atoms with E-state index in [2.05, 4.69) is 0 Å². The molecule has 0 fully saturated rings. The summed E-state index contributed by atoms with van der Waals surface area (Å²) in [6.45, 7) is 0.